The van der Waals surface area contributed by atoms with Gasteiger partial charge < -0.3 is 4.74 Å². The van der Waals surface area contributed by atoms with Crippen molar-refractivity contribution >= 4 is 47.0 Å². The van der Waals surface area contributed by atoms with Gasteiger partial charge in [0.1, 0.15) is 0 Å². The molecular weight excluding hydrogens is 475 g/mol. The molecule has 4 rings (SSSR count). The molecule has 1 fully saturated rings. The number of nitrogens with zero attached hydrogens (tertiary/aromatic N) is 4. The third-order valence-electron chi connectivity index (χ3n) is 5.27. The van der Waals surface area contributed by atoms with Crippen LogP contribution in [0.1, 0.15) is 18.4 Å². The Kier molecular flexibility index (Phi) is 7.37. The van der Waals surface area contributed by atoms with Crippen LogP contribution in [-0.4, -0.2) is 39.0 Å². The van der Waals surface area contributed by atoms with Gasteiger partial charge in [0.2, 0.25) is 0 Å². The van der Waals surface area contributed by atoms with Gasteiger partial charge in [-0.05, 0) is 74.1 Å². The van der Waals surface area contributed by atoms with Crippen molar-refractivity contribution in [1.82, 2.24) is 19.2 Å². The number of ether oxygens (including phenoxy) is 1. The largest absolute Gasteiger partial charge is 0.376 e. The predicted octanol–water partition coefficient (Wildman–Crippen LogP) is 6.31. The minimum absolute atomic E-state index is 0.154. The minimum Gasteiger partial charge on any atom is -0.376 e. The molecule has 0 radical (unpaired) electrons. The highest BCUT2D eigenvalue weighted by Crippen LogP contribution is 2.25. The molecule has 0 saturated carbocycles. The number of aromatic nitrogens is 3. The lowest BCUT2D eigenvalue weighted by Gasteiger charge is -2.17. The summed E-state index contributed by atoms with van der Waals surface area (Å²) in [6, 6.07) is 13.2. The van der Waals surface area contributed by atoms with Gasteiger partial charge >= 0.3 is 0 Å². The molecule has 1 unspecified atom stereocenters. The molecule has 31 heavy (non-hydrogen) atoms. The van der Waals surface area contributed by atoms with E-state index in [0.29, 0.717) is 39.6 Å². The number of rotatable bonds is 7. The van der Waals surface area contributed by atoms with Gasteiger partial charge in [0, 0.05) is 33.8 Å². The zero-order valence-corrected chi connectivity index (χ0v) is 20.2. The van der Waals surface area contributed by atoms with Crippen LogP contribution in [0.25, 0.3) is 11.4 Å². The van der Waals surface area contributed by atoms with Crippen molar-refractivity contribution in [3.63, 3.8) is 0 Å². The van der Waals surface area contributed by atoms with Gasteiger partial charge in [-0.3, -0.25) is 9.47 Å². The first-order valence-corrected chi connectivity index (χ1v) is 11.6. The molecule has 1 aliphatic rings. The third-order valence-corrected chi connectivity index (χ3v) is 6.54. The molecular formula is C22H23Cl3N4OS. The lowest BCUT2D eigenvalue weighted by atomic mass is 10.2. The van der Waals surface area contributed by atoms with E-state index in [1.807, 2.05) is 48.1 Å². The topological polar surface area (TPSA) is 35.2 Å². The van der Waals surface area contributed by atoms with Crippen LogP contribution in [0.5, 0.6) is 0 Å². The van der Waals surface area contributed by atoms with Gasteiger partial charge in [0.15, 0.2) is 10.6 Å². The summed E-state index contributed by atoms with van der Waals surface area (Å²) in [5.74, 6) is 0.815. The number of hydrogen-bond acceptors (Lipinski definition) is 4. The summed E-state index contributed by atoms with van der Waals surface area (Å²) >= 11 is 24.3. The van der Waals surface area contributed by atoms with Gasteiger partial charge in [-0.15, -0.1) is 0 Å². The van der Waals surface area contributed by atoms with Crippen LogP contribution in [0.4, 0.5) is 0 Å². The van der Waals surface area contributed by atoms with Crippen molar-refractivity contribution in [1.29, 1.82) is 0 Å². The van der Waals surface area contributed by atoms with Gasteiger partial charge in [0.25, 0.3) is 0 Å². The standard InChI is InChI=1S/C22H23Cl3N4OS/c1-27(12-16-6-9-18(24)11-20(16)25)14-29-22(31)28(13-19-3-2-10-30-19)21(26-29)15-4-7-17(23)8-5-15/h4-9,11,19H,2-3,10,12-14H2,1H3. The molecule has 5 nitrogen and oxygen atoms in total. The highest BCUT2D eigenvalue weighted by Gasteiger charge is 2.21. The number of hydrogen-bond donors (Lipinski definition) is 0. The lowest BCUT2D eigenvalue weighted by Crippen LogP contribution is -2.23. The summed E-state index contributed by atoms with van der Waals surface area (Å²) in [6.07, 6.45) is 2.26. The Hall–Kier alpha value is -1.41. The molecule has 2 heterocycles. The second-order valence-electron chi connectivity index (χ2n) is 7.75. The Morgan fingerprint density at radius 1 is 1.13 bits per heavy atom. The van der Waals surface area contributed by atoms with Crippen molar-refractivity contribution in [2.75, 3.05) is 13.7 Å². The second-order valence-corrected chi connectivity index (χ2v) is 9.39. The monoisotopic (exact) mass is 496 g/mol. The molecule has 3 aromatic rings. The van der Waals surface area contributed by atoms with Gasteiger partial charge in [-0.25, -0.2) is 4.68 Å². The van der Waals surface area contributed by atoms with Gasteiger partial charge in [0.05, 0.1) is 19.3 Å². The summed E-state index contributed by atoms with van der Waals surface area (Å²) in [7, 11) is 2.01. The van der Waals surface area contributed by atoms with Crippen molar-refractivity contribution in [3.8, 4) is 11.4 Å². The van der Waals surface area contributed by atoms with Crippen LogP contribution < -0.4 is 0 Å². The van der Waals surface area contributed by atoms with Crippen LogP contribution in [0.2, 0.25) is 15.1 Å². The molecule has 1 aromatic heterocycles. The van der Waals surface area contributed by atoms with Crippen molar-refractivity contribution in [3.05, 3.63) is 67.9 Å². The van der Waals surface area contributed by atoms with Crippen LogP contribution >= 0.6 is 47.0 Å². The molecule has 0 bridgehead atoms. The molecule has 9 heteroatoms. The van der Waals surface area contributed by atoms with Gasteiger partial charge in [-0.1, -0.05) is 40.9 Å². The van der Waals surface area contributed by atoms with Crippen LogP contribution in [0, 0.1) is 4.77 Å². The quantitative estimate of drug-likeness (QED) is 0.358. The molecule has 164 valence electrons. The first-order valence-electron chi connectivity index (χ1n) is 10.1. The van der Waals surface area contributed by atoms with Crippen molar-refractivity contribution in [2.24, 2.45) is 0 Å². The molecule has 0 spiro atoms. The molecule has 1 saturated heterocycles. The van der Waals surface area contributed by atoms with Crippen LogP contribution in [0.3, 0.4) is 0 Å². The summed E-state index contributed by atoms with van der Waals surface area (Å²) in [4.78, 5) is 2.11. The fourth-order valence-corrected chi connectivity index (χ4v) is 4.58. The maximum Gasteiger partial charge on any atom is 0.199 e. The van der Waals surface area contributed by atoms with E-state index in [0.717, 1.165) is 36.4 Å². The first kappa shape index (κ1) is 22.8. The average Bonchev–Trinajstić information content (AvgIpc) is 3.35. The number of benzene rings is 2. The lowest BCUT2D eigenvalue weighted by molar-refractivity contribution is 0.0967. The first-order chi connectivity index (χ1) is 14.9. The Labute approximate surface area is 202 Å². The second kappa shape index (κ2) is 10.0. The van der Waals surface area contributed by atoms with E-state index in [-0.39, 0.29) is 6.10 Å². The Balaban J connectivity index is 1.60. The zero-order chi connectivity index (χ0) is 22.0. The van der Waals surface area contributed by atoms with Crippen LogP contribution in [-0.2, 0) is 24.5 Å². The molecule has 1 atom stereocenters. The van der Waals surface area contributed by atoms with E-state index < -0.39 is 0 Å². The fraction of sp³-hybridized carbons (Fsp3) is 0.364. The fourth-order valence-electron chi connectivity index (χ4n) is 3.72. The maximum atomic E-state index is 6.34. The third kappa shape index (κ3) is 5.51. The van der Waals surface area contributed by atoms with E-state index in [2.05, 4.69) is 9.47 Å². The normalized spacial score (nSPS) is 16.4. The van der Waals surface area contributed by atoms with E-state index in [9.17, 15) is 0 Å². The summed E-state index contributed by atoms with van der Waals surface area (Å²) < 4.78 is 10.4. The highest BCUT2D eigenvalue weighted by molar-refractivity contribution is 7.71. The van der Waals surface area contributed by atoms with E-state index in [4.69, 9.17) is 56.9 Å². The Bertz CT molecular complexity index is 1110. The average molecular weight is 498 g/mol. The van der Waals surface area contributed by atoms with Crippen molar-refractivity contribution < 1.29 is 4.74 Å². The molecule has 0 N–H and O–H groups in total. The van der Waals surface area contributed by atoms with Gasteiger partial charge in [-0.2, -0.15) is 5.10 Å². The van der Waals surface area contributed by atoms with Crippen LogP contribution in [0.15, 0.2) is 42.5 Å². The van der Waals surface area contributed by atoms with E-state index >= 15 is 0 Å². The predicted molar refractivity (Wildman–Crippen MR) is 128 cm³/mol. The molecule has 0 aliphatic carbocycles. The zero-order valence-electron chi connectivity index (χ0n) is 17.1. The Morgan fingerprint density at radius 3 is 2.55 bits per heavy atom. The maximum absolute atomic E-state index is 6.34. The smallest absolute Gasteiger partial charge is 0.199 e. The highest BCUT2D eigenvalue weighted by atomic mass is 35.5. The Morgan fingerprint density at radius 2 is 1.87 bits per heavy atom. The number of halogens is 3. The SMILES string of the molecule is CN(Cc1ccc(Cl)cc1Cl)Cn1nc(-c2ccc(Cl)cc2)n(CC2CCCO2)c1=S. The summed E-state index contributed by atoms with van der Waals surface area (Å²) in [5, 5.41) is 6.81. The van der Waals surface area contributed by atoms with Crippen molar-refractivity contribution in [2.45, 2.75) is 38.7 Å². The summed E-state index contributed by atoms with van der Waals surface area (Å²) in [6.45, 7) is 2.65. The van der Waals surface area contributed by atoms with E-state index in [1.165, 1.54) is 0 Å². The molecule has 0 amide bonds. The molecule has 2 aromatic carbocycles. The summed E-state index contributed by atoms with van der Waals surface area (Å²) in [5.41, 5.74) is 1.97. The van der Waals surface area contributed by atoms with E-state index in [1.54, 1.807) is 6.07 Å². The molecule has 1 aliphatic heterocycles. The minimum atomic E-state index is 0.154.